The van der Waals surface area contributed by atoms with E-state index in [0.717, 1.165) is 0 Å². The van der Waals surface area contributed by atoms with Crippen LogP contribution in [0.2, 0.25) is 0 Å². The molecule has 0 saturated carbocycles. The Morgan fingerprint density at radius 1 is 1.00 bits per heavy atom. The molecule has 0 unspecified atom stereocenters. The van der Waals surface area contributed by atoms with Crippen molar-refractivity contribution in [1.82, 2.24) is 0 Å². The molecule has 7 heteroatoms. The van der Waals surface area contributed by atoms with Crippen LogP contribution < -0.4 is 80.9 Å². The van der Waals surface area contributed by atoms with Crippen molar-refractivity contribution in [3.8, 4) is 0 Å². The van der Waals surface area contributed by atoms with Crippen LogP contribution in [0.15, 0.2) is 24.3 Å². The van der Waals surface area contributed by atoms with Crippen LogP contribution in [0.1, 0.15) is 23.6 Å². The average Bonchev–Trinajstić information content (AvgIpc) is 2.04. The summed E-state index contributed by atoms with van der Waals surface area (Å²) < 4.78 is 0. The summed E-state index contributed by atoms with van der Waals surface area (Å²) in [6.45, 7) is 0. The minimum atomic E-state index is -1.23. The molecule has 0 aliphatic heterocycles. The Kier molecular flexibility index (Phi) is 14.0. The zero-order chi connectivity index (χ0) is 9.14. The first-order valence-electron chi connectivity index (χ1n) is 3.18. The summed E-state index contributed by atoms with van der Waals surface area (Å²) in [4.78, 5) is 20.9. The van der Waals surface area contributed by atoms with Gasteiger partial charge in [-0.15, -0.1) is 0 Å². The molecule has 1 rings (SSSR count). The van der Waals surface area contributed by atoms with Gasteiger partial charge in [-0.1, -0.05) is 12.1 Å². The Hall–Kier alpha value is 0.756. The zero-order valence-electron chi connectivity index (χ0n) is 10.5. The molecule has 15 heavy (non-hydrogen) atoms. The molecule has 0 atom stereocenters. The minimum Gasteiger partial charge on any atom is -1.00 e. The quantitative estimate of drug-likeness (QED) is 0.509. The Morgan fingerprint density at radius 3 is 1.47 bits per heavy atom. The molecule has 0 radical (unpaired) electrons. The van der Waals surface area contributed by atoms with Gasteiger partial charge >= 0.3 is 92.9 Å². The molecular weight excluding hydrogens is 238 g/mol. The van der Waals surface area contributed by atoms with E-state index in [1.165, 1.54) is 24.3 Å². The third kappa shape index (κ3) is 6.15. The number of aromatic carboxylic acids is 2. The number of hydrogen-bond donors (Lipinski definition) is 2. The minimum absolute atomic E-state index is 0. The molecule has 0 fully saturated rings. The molecule has 74 valence electrons. The third-order valence-corrected chi connectivity index (χ3v) is 1.39. The molecule has 0 aliphatic carbocycles. The third-order valence-electron chi connectivity index (χ3n) is 1.39. The van der Waals surface area contributed by atoms with Gasteiger partial charge in [0.1, 0.15) is 0 Å². The van der Waals surface area contributed by atoms with E-state index < -0.39 is 11.9 Å². The normalized spacial score (nSPS) is 7.47. The molecule has 1 aromatic carbocycles. The summed E-state index contributed by atoms with van der Waals surface area (Å²) in [5.41, 5.74) is -0.380. The van der Waals surface area contributed by atoms with Crippen LogP contribution in [0, 0.1) is 0 Å². The second-order valence-electron chi connectivity index (χ2n) is 2.16. The summed E-state index contributed by atoms with van der Waals surface area (Å²) in [5.74, 6) is -2.46. The molecule has 1 aromatic rings. The van der Waals surface area contributed by atoms with Gasteiger partial charge in [0.15, 0.2) is 0 Å². The second kappa shape index (κ2) is 9.95. The summed E-state index contributed by atoms with van der Waals surface area (Å²) in [5, 5.41) is 17.1. The Morgan fingerprint density at radius 2 is 1.27 bits per heavy atom. The van der Waals surface area contributed by atoms with E-state index in [1.54, 1.807) is 0 Å². The van der Waals surface area contributed by atoms with Crippen molar-refractivity contribution in [2.24, 2.45) is 0 Å². The SMILES string of the molecule is O.O=C(O)c1ccccc1C(=O)O.[H-].[H-].[K+].[Na+]. The fourth-order valence-electron chi connectivity index (χ4n) is 0.856. The van der Waals surface area contributed by atoms with Crippen LogP contribution in [0.4, 0.5) is 0 Å². The Bertz CT molecular complexity index is 317. The molecule has 0 aromatic heterocycles. The number of carbonyl (C=O) groups is 2. The first-order chi connectivity index (χ1) is 5.63. The number of hydrogen-bond acceptors (Lipinski definition) is 2. The van der Waals surface area contributed by atoms with E-state index in [0.29, 0.717) is 0 Å². The monoisotopic (exact) mass is 248 g/mol. The van der Waals surface area contributed by atoms with E-state index in [1.807, 2.05) is 0 Å². The predicted octanol–water partition coefficient (Wildman–Crippen LogP) is -5.51. The Balaban J connectivity index is -0.0000000960. The van der Waals surface area contributed by atoms with E-state index >= 15 is 0 Å². The molecule has 0 heterocycles. The van der Waals surface area contributed by atoms with Crippen molar-refractivity contribution < 1.29 is 109 Å². The van der Waals surface area contributed by atoms with Gasteiger partial charge in [-0.25, -0.2) is 9.59 Å². The van der Waals surface area contributed by atoms with Crippen LogP contribution in [0.5, 0.6) is 0 Å². The van der Waals surface area contributed by atoms with Gasteiger partial charge in [0, 0.05) is 0 Å². The maximum atomic E-state index is 10.5. The van der Waals surface area contributed by atoms with E-state index in [-0.39, 0.29) is 100 Å². The van der Waals surface area contributed by atoms with Gasteiger partial charge in [0.25, 0.3) is 0 Å². The van der Waals surface area contributed by atoms with E-state index in [2.05, 4.69) is 0 Å². The maximum absolute atomic E-state index is 10.5. The van der Waals surface area contributed by atoms with Gasteiger partial charge in [0.2, 0.25) is 0 Å². The van der Waals surface area contributed by atoms with Gasteiger partial charge in [0.05, 0.1) is 11.1 Å². The summed E-state index contributed by atoms with van der Waals surface area (Å²) in [6.07, 6.45) is 0. The Labute approximate surface area is 154 Å². The first-order valence-corrected chi connectivity index (χ1v) is 3.18. The zero-order valence-corrected chi connectivity index (χ0v) is 13.6. The molecule has 0 bridgehead atoms. The number of carboxylic acids is 2. The van der Waals surface area contributed by atoms with Crippen LogP contribution in [-0.4, -0.2) is 27.6 Å². The standard InChI is InChI=1S/C8H6O4.K.Na.H2O.2H/c9-7(10)5-3-1-2-4-6(5)8(11)12;;;;;/h1-4H,(H,9,10)(H,11,12);;;1H2;;/q;2*+1;;2*-1. The number of carboxylic acid groups (broad SMARTS) is 2. The number of benzene rings is 1. The van der Waals surface area contributed by atoms with Crippen LogP contribution >= 0.6 is 0 Å². The van der Waals surface area contributed by atoms with Crippen LogP contribution in [-0.2, 0) is 0 Å². The summed E-state index contributed by atoms with van der Waals surface area (Å²) >= 11 is 0. The topological polar surface area (TPSA) is 106 Å². The fourth-order valence-corrected chi connectivity index (χ4v) is 0.856. The van der Waals surface area contributed by atoms with Crippen molar-refractivity contribution >= 4 is 11.9 Å². The second-order valence-corrected chi connectivity index (χ2v) is 2.16. The molecule has 5 nitrogen and oxygen atoms in total. The van der Waals surface area contributed by atoms with Gasteiger partial charge < -0.3 is 18.5 Å². The average molecular weight is 248 g/mol. The molecular formula is C8H10KNaO5. The van der Waals surface area contributed by atoms with Gasteiger partial charge in [-0.05, 0) is 12.1 Å². The van der Waals surface area contributed by atoms with Crippen molar-refractivity contribution in [3.05, 3.63) is 35.4 Å². The molecule has 0 amide bonds. The van der Waals surface area contributed by atoms with Gasteiger partial charge in [-0.3, -0.25) is 0 Å². The summed E-state index contributed by atoms with van der Waals surface area (Å²) in [7, 11) is 0. The smallest absolute Gasteiger partial charge is 1.00 e. The summed E-state index contributed by atoms with van der Waals surface area (Å²) in [6, 6.07) is 5.48. The van der Waals surface area contributed by atoms with Crippen LogP contribution in [0.25, 0.3) is 0 Å². The predicted molar refractivity (Wildman–Crippen MR) is 46.2 cm³/mol. The molecule has 0 spiro atoms. The number of rotatable bonds is 2. The van der Waals surface area contributed by atoms with E-state index in [4.69, 9.17) is 10.2 Å². The largest absolute Gasteiger partial charge is 1.00 e. The molecule has 4 N–H and O–H groups in total. The molecule has 0 aliphatic rings. The fraction of sp³-hybridized carbons (Fsp3) is 0. The van der Waals surface area contributed by atoms with E-state index in [9.17, 15) is 9.59 Å². The van der Waals surface area contributed by atoms with Crippen LogP contribution in [0.3, 0.4) is 0 Å². The first kappa shape index (κ1) is 21.1. The van der Waals surface area contributed by atoms with Crippen molar-refractivity contribution in [2.75, 3.05) is 0 Å². The maximum Gasteiger partial charge on any atom is 1.00 e. The molecule has 0 saturated heterocycles. The van der Waals surface area contributed by atoms with Crippen molar-refractivity contribution in [3.63, 3.8) is 0 Å². The van der Waals surface area contributed by atoms with Gasteiger partial charge in [-0.2, -0.15) is 0 Å². The van der Waals surface area contributed by atoms with Crippen molar-refractivity contribution in [2.45, 2.75) is 0 Å². The van der Waals surface area contributed by atoms with Crippen molar-refractivity contribution in [1.29, 1.82) is 0 Å².